The smallest absolute Gasteiger partial charge is 0.244 e. The number of allylic oxidation sites excluding steroid dienone is 1. The lowest BCUT2D eigenvalue weighted by Gasteiger charge is -1.89. The van der Waals surface area contributed by atoms with Crippen LogP contribution in [0.2, 0.25) is 0 Å². The van der Waals surface area contributed by atoms with Crippen LogP contribution >= 0.6 is 0 Å². The summed E-state index contributed by atoms with van der Waals surface area (Å²) in [6, 6.07) is 0. The fraction of sp³-hybridized carbons (Fsp3) is 0.571. The van der Waals surface area contributed by atoms with E-state index in [1.54, 1.807) is 12.3 Å². The van der Waals surface area contributed by atoms with Crippen LogP contribution in [0.25, 0.3) is 6.20 Å². The van der Waals surface area contributed by atoms with E-state index in [1.165, 1.54) is 9.36 Å². The van der Waals surface area contributed by atoms with E-state index >= 15 is 0 Å². The third-order valence-corrected chi connectivity index (χ3v) is 1.39. The van der Waals surface area contributed by atoms with Crippen LogP contribution in [-0.4, -0.2) is 19.8 Å². The van der Waals surface area contributed by atoms with Gasteiger partial charge in [-0.05, 0) is 23.8 Å². The molecule has 1 aromatic rings. The van der Waals surface area contributed by atoms with Crippen LogP contribution in [-0.2, 0) is 6.54 Å². The van der Waals surface area contributed by atoms with E-state index in [2.05, 4.69) is 10.4 Å². The molecule has 5 heteroatoms. The van der Waals surface area contributed by atoms with Gasteiger partial charge < -0.3 is 0 Å². The maximum Gasteiger partial charge on any atom is 0.367 e. The summed E-state index contributed by atoms with van der Waals surface area (Å²) in [6.07, 6.45) is 4.21. The van der Waals surface area contributed by atoms with E-state index < -0.39 is 0 Å². The van der Waals surface area contributed by atoms with Crippen LogP contribution in [0.1, 0.15) is 20.3 Å². The van der Waals surface area contributed by atoms with Crippen LogP contribution in [0.15, 0.2) is 10.9 Å². The van der Waals surface area contributed by atoms with Crippen LogP contribution in [0.4, 0.5) is 0 Å². The van der Waals surface area contributed by atoms with Gasteiger partial charge in [0.2, 0.25) is 0 Å². The molecule has 0 saturated heterocycles. The molecule has 0 aliphatic carbocycles. The van der Waals surface area contributed by atoms with Crippen molar-refractivity contribution in [3.63, 3.8) is 0 Å². The summed E-state index contributed by atoms with van der Waals surface area (Å²) in [6.45, 7) is 4.43. The van der Waals surface area contributed by atoms with Gasteiger partial charge in [-0.3, -0.25) is 0 Å². The Bertz CT molecular complexity index is 322. The van der Waals surface area contributed by atoms with Gasteiger partial charge in [-0.25, -0.2) is 4.79 Å². The average molecular weight is 168 g/mol. The summed E-state index contributed by atoms with van der Waals surface area (Å²) in [7, 11) is 0. The van der Waals surface area contributed by atoms with Crippen molar-refractivity contribution >= 4 is 6.20 Å². The summed E-state index contributed by atoms with van der Waals surface area (Å²) in [5.41, 5.74) is -0.185. The Labute approximate surface area is 70.3 Å². The van der Waals surface area contributed by atoms with Gasteiger partial charge in [0.05, 0.1) is 0 Å². The van der Waals surface area contributed by atoms with E-state index in [0.717, 1.165) is 6.42 Å². The van der Waals surface area contributed by atoms with E-state index in [1.807, 2.05) is 13.8 Å². The molecule has 0 unspecified atom stereocenters. The van der Waals surface area contributed by atoms with Crippen LogP contribution in [0, 0.1) is 0 Å². The van der Waals surface area contributed by atoms with Gasteiger partial charge in [0.25, 0.3) is 0 Å². The highest BCUT2D eigenvalue weighted by Gasteiger charge is 2.01. The molecule has 0 amide bonds. The highest BCUT2D eigenvalue weighted by Crippen LogP contribution is 1.81. The fourth-order valence-corrected chi connectivity index (χ4v) is 0.873. The van der Waals surface area contributed by atoms with Crippen molar-refractivity contribution in [2.45, 2.75) is 26.8 Å². The zero-order valence-electron chi connectivity index (χ0n) is 7.27. The molecule has 0 atom stereocenters. The molecular weight excluding hydrogens is 156 g/mol. The van der Waals surface area contributed by atoms with Crippen LogP contribution in [0.5, 0.6) is 0 Å². The minimum atomic E-state index is -0.185. The quantitative estimate of drug-likeness (QED) is 0.654. The first-order chi connectivity index (χ1) is 5.79. The van der Waals surface area contributed by atoms with Crippen molar-refractivity contribution < 1.29 is 0 Å². The van der Waals surface area contributed by atoms with Crippen molar-refractivity contribution in [2.24, 2.45) is 0 Å². The van der Waals surface area contributed by atoms with E-state index in [9.17, 15) is 4.79 Å². The molecule has 1 aromatic heterocycles. The Hall–Kier alpha value is -1.39. The predicted molar refractivity (Wildman–Crippen MR) is 45.6 cm³/mol. The van der Waals surface area contributed by atoms with Gasteiger partial charge in [-0.2, -0.15) is 9.36 Å². The normalized spacial score (nSPS) is 11.2. The molecular formula is C7H12N4O. The first-order valence-electron chi connectivity index (χ1n) is 3.94. The van der Waals surface area contributed by atoms with Crippen molar-refractivity contribution in [3.8, 4) is 0 Å². The van der Waals surface area contributed by atoms with Gasteiger partial charge in [-0.1, -0.05) is 13.0 Å². The molecule has 0 fully saturated rings. The van der Waals surface area contributed by atoms with Crippen molar-refractivity contribution in [1.29, 1.82) is 0 Å². The topological polar surface area (TPSA) is 52.7 Å². The van der Waals surface area contributed by atoms with Gasteiger partial charge in [0, 0.05) is 12.7 Å². The second-order valence-corrected chi connectivity index (χ2v) is 2.41. The maximum absolute atomic E-state index is 11.3. The van der Waals surface area contributed by atoms with E-state index in [4.69, 9.17) is 0 Å². The number of hydrogen-bond acceptors (Lipinski definition) is 3. The molecule has 12 heavy (non-hydrogen) atoms. The average Bonchev–Trinajstić information content (AvgIpc) is 2.38. The number of aromatic nitrogens is 4. The maximum atomic E-state index is 11.3. The molecule has 0 aliphatic heterocycles. The molecule has 0 aromatic carbocycles. The molecule has 0 aliphatic rings. The molecule has 1 heterocycles. The predicted octanol–water partition coefficient (Wildman–Crippen LogP) is 0.340. The summed E-state index contributed by atoms with van der Waals surface area (Å²) >= 11 is 0. The standard InChI is InChI=1S/C7H12N4O/c1-3-5-10-7(12)11(6-4-2)9-8-10/h3,5H,4,6H2,1-2H3/b5-3-. The number of nitrogens with zero attached hydrogens (tertiary/aromatic N) is 4. The number of aryl methyl sites for hydroxylation is 1. The van der Waals surface area contributed by atoms with Crippen molar-refractivity contribution in [3.05, 3.63) is 16.6 Å². The third kappa shape index (κ3) is 1.61. The van der Waals surface area contributed by atoms with Crippen molar-refractivity contribution in [1.82, 2.24) is 19.8 Å². The minimum absolute atomic E-state index is 0.185. The molecule has 0 bridgehead atoms. The lowest BCUT2D eigenvalue weighted by atomic mass is 10.5. The molecule has 5 nitrogen and oxygen atoms in total. The molecule has 0 radical (unpaired) electrons. The second kappa shape index (κ2) is 3.85. The largest absolute Gasteiger partial charge is 0.367 e. The van der Waals surface area contributed by atoms with Gasteiger partial charge in [0.15, 0.2) is 0 Å². The summed E-state index contributed by atoms with van der Waals surface area (Å²) in [4.78, 5) is 11.3. The lowest BCUT2D eigenvalue weighted by molar-refractivity contribution is 0.564. The lowest BCUT2D eigenvalue weighted by Crippen LogP contribution is -2.22. The third-order valence-electron chi connectivity index (χ3n) is 1.39. The summed E-state index contributed by atoms with van der Waals surface area (Å²) < 4.78 is 2.57. The Kier molecular flexibility index (Phi) is 2.79. The second-order valence-electron chi connectivity index (χ2n) is 2.41. The first kappa shape index (κ1) is 8.70. The van der Waals surface area contributed by atoms with Crippen molar-refractivity contribution in [2.75, 3.05) is 0 Å². The Morgan fingerprint density at radius 2 is 2.25 bits per heavy atom. The Balaban J connectivity index is 2.97. The number of hydrogen-bond donors (Lipinski definition) is 0. The van der Waals surface area contributed by atoms with Gasteiger partial charge >= 0.3 is 5.69 Å². The molecule has 0 spiro atoms. The SMILES string of the molecule is C/C=C\n1nnn(CCC)c1=O. The van der Waals surface area contributed by atoms with Gasteiger partial charge in [0.1, 0.15) is 0 Å². The zero-order valence-corrected chi connectivity index (χ0v) is 7.27. The van der Waals surface area contributed by atoms with E-state index in [-0.39, 0.29) is 5.69 Å². The Morgan fingerprint density at radius 1 is 1.50 bits per heavy atom. The molecule has 0 N–H and O–H groups in total. The van der Waals surface area contributed by atoms with Crippen LogP contribution < -0.4 is 5.69 Å². The fourth-order valence-electron chi connectivity index (χ4n) is 0.873. The van der Waals surface area contributed by atoms with Gasteiger partial charge in [-0.15, -0.1) is 0 Å². The highest BCUT2D eigenvalue weighted by atomic mass is 16.2. The number of tetrazole rings is 1. The molecule has 66 valence electrons. The minimum Gasteiger partial charge on any atom is -0.244 e. The molecule has 1 rings (SSSR count). The Morgan fingerprint density at radius 3 is 2.83 bits per heavy atom. The molecule has 0 saturated carbocycles. The summed E-state index contributed by atoms with van der Waals surface area (Å²) in [5.74, 6) is 0. The number of rotatable bonds is 3. The van der Waals surface area contributed by atoms with Crippen LogP contribution in [0.3, 0.4) is 0 Å². The monoisotopic (exact) mass is 168 g/mol. The highest BCUT2D eigenvalue weighted by molar-refractivity contribution is 5.15. The summed E-state index contributed by atoms with van der Waals surface area (Å²) in [5, 5.41) is 7.34. The van der Waals surface area contributed by atoms with E-state index in [0.29, 0.717) is 6.54 Å². The zero-order chi connectivity index (χ0) is 8.97. The first-order valence-corrected chi connectivity index (χ1v) is 3.94.